The highest BCUT2D eigenvalue weighted by Crippen LogP contribution is 2.36. The number of ketones is 1. The topological polar surface area (TPSA) is 399 Å². The Hall–Kier alpha value is -11.8. The van der Waals surface area contributed by atoms with Crippen LogP contribution in [0.3, 0.4) is 0 Å². The lowest BCUT2D eigenvalue weighted by Crippen LogP contribution is -2.61. The summed E-state index contributed by atoms with van der Waals surface area (Å²) < 4.78 is 15.2. The molecule has 8 heterocycles. The summed E-state index contributed by atoms with van der Waals surface area (Å²) in [7, 11) is 3.20. The molecule has 596 valence electrons. The predicted molar refractivity (Wildman–Crippen MR) is 416 cm³/mol. The number of amides is 8. The Morgan fingerprint density at radius 1 is 0.531 bits per heavy atom. The van der Waals surface area contributed by atoms with E-state index < -0.39 is 161 Å². The van der Waals surface area contributed by atoms with Gasteiger partial charge in [-0.05, 0) is 133 Å². The number of nitrogens with one attached hydrogen (secondary N) is 7. The Balaban J connectivity index is 0.931. The van der Waals surface area contributed by atoms with Crippen LogP contribution in [0.2, 0.25) is 0 Å². The number of imide groups is 1. The third-order valence-corrected chi connectivity index (χ3v) is 21.4. The van der Waals surface area contributed by atoms with Crippen LogP contribution in [0.25, 0.3) is 21.5 Å². The van der Waals surface area contributed by atoms with Crippen molar-refractivity contribution in [1.82, 2.24) is 77.0 Å². The molecule has 6 aliphatic heterocycles. The highest BCUT2D eigenvalue weighted by molar-refractivity contribution is 6.03. The molecule has 8 amide bonds. The van der Waals surface area contributed by atoms with Crippen molar-refractivity contribution in [2.45, 2.75) is 180 Å². The number of Topliss-reactive ketones (excluding diaryl/α,β-unsaturated/α-hetero) is 1. The molecule has 30 heteroatoms. The maximum Gasteiger partial charge on any atom is 0.326 e. The SMILES string of the molecule is CN[C@@H](C)C(=O)N[C@H](C(=O)N1CC[C@@H]2[C@H]1C(=O)NC(=O)C[C@@H](Cc1ccc3ccccc3c1)C(=O)C[C@H](C(=O)O)Cc1ccc(cc1)OCc1cn(nn1)[C@@H]1CCN(C(=O)[C@@H](NC(=O)[C@H](C)NC)C(C)(C)C)[C@@H]1C(=O)N[C@@H](Cc1ccc3ccccc3c1)C(=O)N[C@H](C(=O)O)Cc1ccc(cc1)OCc1cn2nn1)C(C)(C)C. The number of carboxylic acid groups (broad SMARTS) is 2. The lowest BCUT2D eigenvalue weighted by atomic mass is 9.85. The number of nitrogens with zero attached hydrogens (tertiary/aromatic N) is 8. The number of likely N-dealkylation sites (tertiary alicyclic amines) is 2. The summed E-state index contributed by atoms with van der Waals surface area (Å²) in [6.45, 7) is 13.5. The highest BCUT2D eigenvalue weighted by atomic mass is 16.5. The number of aromatic nitrogens is 6. The zero-order chi connectivity index (χ0) is 81.2. The monoisotopic (exact) mass is 1550 g/mol. The quantitative estimate of drug-likeness (QED) is 0.0603. The predicted octanol–water partition coefficient (Wildman–Crippen LogP) is 5.54. The number of carboxylic acids is 2. The van der Waals surface area contributed by atoms with E-state index in [0.29, 0.717) is 39.4 Å². The molecule has 6 aliphatic rings. The minimum absolute atomic E-state index is 0.00957. The van der Waals surface area contributed by atoms with E-state index in [1.165, 1.54) is 25.4 Å². The first-order valence-corrected chi connectivity index (χ1v) is 38.0. The number of hydrogen-bond donors (Lipinski definition) is 9. The van der Waals surface area contributed by atoms with Gasteiger partial charge in [-0.25, -0.2) is 14.2 Å². The molecule has 8 aromatic rings. The zero-order valence-corrected chi connectivity index (χ0v) is 65.0. The van der Waals surface area contributed by atoms with Crippen LogP contribution in [0.1, 0.15) is 127 Å². The van der Waals surface area contributed by atoms with Crippen molar-refractivity contribution in [1.29, 1.82) is 0 Å². The summed E-state index contributed by atoms with van der Waals surface area (Å²) in [6, 6.07) is 27.8. The van der Waals surface area contributed by atoms with Gasteiger partial charge in [-0.3, -0.25) is 53.3 Å². The van der Waals surface area contributed by atoms with Crippen LogP contribution in [0.4, 0.5) is 0 Å². The molecule has 6 aromatic carbocycles. The second-order valence-corrected chi connectivity index (χ2v) is 31.7. The molecule has 8 bridgehead atoms. The van der Waals surface area contributed by atoms with E-state index in [0.717, 1.165) is 21.5 Å². The molecule has 0 saturated carbocycles. The first kappa shape index (κ1) is 82.2. The lowest BCUT2D eigenvalue weighted by molar-refractivity contribution is -0.146. The molecule has 0 spiro atoms. The van der Waals surface area contributed by atoms with Crippen molar-refractivity contribution in [2.24, 2.45) is 22.7 Å². The molecular weight excluding hydrogens is 1450 g/mol. The second kappa shape index (κ2) is 35.7. The van der Waals surface area contributed by atoms with Crippen LogP contribution in [0.15, 0.2) is 146 Å². The molecular formula is C83H99N15O15. The van der Waals surface area contributed by atoms with Gasteiger partial charge in [0.2, 0.25) is 41.4 Å². The van der Waals surface area contributed by atoms with Gasteiger partial charge in [-0.1, -0.05) is 161 Å². The van der Waals surface area contributed by atoms with Crippen LogP contribution >= 0.6 is 0 Å². The number of carbonyl (C=O) groups is 11. The molecule has 2 fully saturated rings. The van der Waals surface area contributed by atoms with Gasteiger partial charge >= 0.3 is 11.9 Å². The fourth-order valence-corrected chi connectivity index (χ4v) is 14.7. The Morgan fingerprint density at radius 2 is 0.982 bits per heavy atom. The van der Waals surface area contributed by atoms with Gasteiger partial charge in [-0.2, -0.15) is 0 Å². The van der Waals surface area contributed by atoms with Gasteiger partial charge in [-0.15, -0.1) is 10.2 Å². The molecule has 2 saturated heterocycles. The summed E-state index contributed by atoms with van der Waals surface area (Å²) in [4.78, 5) is 162. The number of hydrogen-bond acceptors (Lipinski definition) is 19. The van der Waals surface area contributed by atoms with Gasteiger partial charge in [0.25, 0.3) is 5.91 Å². The first-order valence-electron chi connectivity index (χ1n) is 38.0. The van der Waals surface area contributed by atoms with Gasteiger partial charge < -0.3 is 61.4 Å². The Morgan fingerprint density at radius 3 is 1.43 bits per heavy atom. The van der Waals surface area contributed by atoms with Gasteiger partial charge in [0.1, 0.15) is 78.1 Å². The summed E-state index contributed by atoms with van der Waals surface area (Å²) in [5.74, 6) is -10.6. The fraction of sp³-hybridized carbons (Fsp3) is 0.434. The minimum atomic E-state index is -1.55. The number of aliphatic carboxylic acids is 2. The molecule has 30 nitrogen and oxygen atoms in total. The van der Waals surface area contributed by atoms with Crippen LogP contribution in [0, 0.1) is 22.7 Å². The Kier molecular flexibility index (Phi) is 26.0. The zero-order valence-electron chi connectivity index (χ0n) is 65.0. The number of carbonyl (C=O) groups excluding carboxylic acids is 9. The van der Waals surface area contributed by atoms with Gasteiger partial charge in [0.15, 0.2) is 0 Å². The average Bonchev–Trinajstić information content (AvgIpc) is 1.63. The standard InChI is InChI=1S/C83H99N15O15/c1-47(84-9)73(101)89-71(82(3,4)5)78(106)95-33-31-65-69(95)76(104)86-63(40-52-20-26-54-16-12-14-18-56(54)37-52)75(103)87-64(81(110)111)39-50-23-29-62(30-24-50)113-46-60-44-98(94-92-60)66-32-34-96(79(107)72(83(6,7)8)90-74(102)48(2)85-10)70(66)77(105)88-68(100)42-57(38-51-19-25-53-15-11-13-17-55(53)36-51)67(99)41-58(80(108)109)35-49-21-27-61(28-22-49)112-45-59-43-97(65)93-91-59/h11-30,36-37,43-44,47-48,57-58,63-66,69-72,84-85H,31-35,38-42,45-46H2,1-10H3,(H,86,104)(H,87,103)(H,89,101)(H,90,102)(H,108,109)(H,110,111)(H,88,100,105)/t47-,48-,57+,58+,63-,64-,65+,66+,69-,70-,71+,72+/m0/s1. The maximum absolute atomic E-state index is 15.6. The van der Waals surface area contributed by atoms with E-state index in [4.69, 9.17) is 9.47 Å². The number of benzene rings is 6. The van der Waals surface area contributed by atoms with Crippen molar-refractivity contribution < 1.29 is 72.4 Å². The number of rotatable bonds is 14. The van der Waals surface area contributed by atoms with Crippen LogP contribution < -0.4 is 46.7 Å². The molecule has 0 unspecified atom stereocenters. The Bertz CT molecular complexity index is 4840. The third-order valence-electron chi connectivity index (χ3n) is 21.4. The van der Waals surface area contributed by atoms with Gasteiger partial charge in [0.05, 0.1) is 42.5 Å². The second-order valence-electron chi connectivity index (χ2n) is 31.7. The first-order chi connectivity index (χ1) is 53.8. The van der Waals surface area contributed by atoms with Crippen molar-refractivity contribution in [2.75, 3.05) is 27.2 Å². The average molecular weight is 1550 g/mol. The molecule has 2 aromatic heterocycles. The normalized spacial score (nSPS) is 21.7. The highest BCUT2D eigenvalue weighted by Gasteiger charge is 2.51. The molecule has 9 N–H and O–H groups in total. The van der Waals surface area contributed by atoms with E-state index in [2.05, 4.69) is 57.8 Å². The van der Waals surface area contributed by atoms with E-state index in [1.54, 1.807) is 130 Å². The van der Waals surface area contributed by atoms with E-state index in [9.17, 15) is 39.0 Å². The summed E-state index contributed by atoms with van der Waals surface area (Å²) in [5, 5.41) is 62.4. The number of fused-ring (bicyclic) bond motifs is 2. The Labute approximate surface area is 654 Å². The minimum Gasteiger partial charge on any atom is -0.487 e. The lowest BCUT2D eigenvalue weighted by Gasteiger charge is -2.37. The van der Waals surface area contributed by atoms with Crippen molar-refractivity contribution in [3.8, 4) is 11.5 Å². The smallest absolute Gasteiger partial charge is 0.326 e. The van der Waals surface area contributed by atoms with Crippen molar-refractivity contribution >= 4 is 86.5 Å². The molecule has 113 heavy (non-hydrogen) atoms. The van der Waals surface area contributed by atoms with E-state index in [1.807, 2.05) is 78.9 Å². The van der Waals surface area contributed by atoms with Gasteiger partial charge in [0, 0.05) is 44.7 Å². The van der Waals surface area contributed by atoms with Crippen molar-refractivity contribution in [3.05, 3.63) is 179 Å². The van der Waals surface area contributed by atoms with Crippen LogP contribution in [0.5, 0.6) is 11.5 Å². The van der Waals surface area contributed by atoms with Crippen molar-refractivity contribution in [3.63, 3.8) is 0 Å². The molecule has 0 aliphatic carbocycles. The summed E-state index contributed by atoms with van der Waals surface area (Å²) >= 11 is 0. The molecule has 14 rings (SSSR count). The molecule has 0 radical (unpaired) electrons. The summed E-state index contributed by atoms with van der Waals surface area (Å²) in [6.07, 6.45) is 1.82. The fourth-order valence-electron chi connectivity index (χ4n) is 14.7. The number of ether oxygens (including phenoxy) is 2. The van der Waals surface area contributed by atoms with E-state index in [-0.39, 0.29) is 70.5 Å². The number of likely N-dealkylation sites (N-methyl/N-ethyl adjacent to an activating group) is 2. The summed E-state index contributed by atoms with van der Waals surface area (Å²) in [5.41, 5.74) is 1.05. The maximum atomic E-state index is 15.6. The van der Waals surface area contributed by atoms with Crippen LogP contribution in [-0.4, -0.2) is 190 Å². The van der Waals surface area contributed by atoms with E-state index >= 15 is 24.0 Å². The third kappa shape index (κ3) is 20.3. The van der Waals surface area contributed by atoms with Crippen LogP contribution in [-0.2, 0) is 91.6 Å². The largest absolute Gasteiger partial charge is 0.487 e. The molecule has 12 atom stereocenters.